The van der Waals surface area contributed by atoms with Gasteiger partial charge in [-0.3, -0.25) is 15.0 Å². The van der Waals surface area contributed by atoms with E-state index in [0.29, 0.717) is 44.1 Å². The van der Waals surface area contributed by atoms with Gasteiger partial charge in [-0.25, -0.2) is 5.43 Å². The van der Waals surface area contributed by atoms with Gasteiger partial charge >= 0.3 is 0 Å². The number of benzene rings is 2. The Morgan fingerprint density at radius 2 is 1.64 bits per heavy atom. The van der Waals surface area contributed by atoms with Crippen LogP contribution in [0.1, 0.15) is 11.6 Å². The number of piperazine rings is 1. The molecule has 0 radical (unpaired) electrons. The number of nitrogens with zero attached hydrogens (tertiary/aromatic N) is 4. The normalized spacial score (nSPS) is 20.8. The van der Waals surface area contributed by atoms with Crippen molar-refractivity contribution < 1.29 is 4.79 Å². The minimum absolute atomic E-state index is 0.0547. The molecule has 2 aromatic carbocycles. The first-order chi connectivity index (χ1) is 16.1. The lowest BCUT2D eigenvalue weighted by Crippen LogP contribution is -2.51. The molecule has 2 aliphatic heterocycles. The zero-order chi connectivity index (χ0) is 22.8. The van der Waals surface area contributed by atoms with Crippen molar-refractivity contribution in [3.8, 4) is 5.69 Å². The standard InChI is InChI=1S/C24H25ClN6O2/c25-21-20(16-27-31(24(21)33)18-9-5-2-6-10-18)29-11-13-30(14-12-29)23(32)19-15-26-28-22(19)17-7-3-1-4-8-17/h1-10,16,19,22,26,28H,11-15H2. The van der Waals surface area contributed by atoms with Crippen LogP contribution in [0.5, 0.6) is 0 Å². The lowest BCUT2D eigenvalue weighted by Gasteiger charge is -2.37. The van der Waals surface area contributed by atoms with Crippen molar-refractivity contribution in [1.29, 1.82) is 0 Å². The highest BCUT2D eigenvalue weighted by Gasteiger charge is 2.37. The number of para-hydroxylation sites is 1. The second kappa shape index (κ2) is 9.35. The molecule has 2 atom stereocenters. The fourth-order valence-corrected chi connectivity index (χ4v) is 4.75. The van der Waals surface area contributed by atoms with Crippen molar-refractivity contribution in [2.75, 3.05) is 37.6 Å². The van der Waals surface area contributed by atoms with Gasteiger partial charge in [-0.15, -0.1) is 0 Å². The first-order valence-electron chi connectivity index (χ1n) is 11.0. The van der Waals surface area contributed by atoms with Gasteiger partial charge in [0.15, 0.2) is 0 Å². The minimum Gasteiger partial charge on any atom is -0.365 e. The van der Waals surface area contributed by atoms with E-state index in [1.165, 1.54) is 4.68 Å². The van der Waals surface area contributed by atoms with Crippen LogP contribution in [0.25, 0.3) is 5.69 Å². The predicted molar refractivity (Wildman–Crippen MR) is 127 cm³/mol. The summed E-state index contributed by atoms with van der Waals surface area (Å²) in [6.45, 7) is 2.90. The Bertz CT molecular complexity index is 1180. The maximum Gasteiger partial charge on any atom is 0.292 e. The van der Waals surface area contributed by atoms with Crippen molar-refractivity contribution in [2.45, 2.75) is 6.04 Å². The molecule has 0 saturated carbocycles. The Kier molecular flexibility index (Phi) is 6.13. The average molecular weight is 465 g/mol. The van der Waals surface area contributed by atoms with E-state index in [-0.39, 0.29) is 28.4 Å². The van der Waals surface area contributed by atoms with Crippen LogP contribution in [0.2, 0.25) is 5.02 Å². The van der Waals surface area contributed by atoms with Crippen molar-refractivity contribution in [3.63, 3.8) is 0 Å². The average Bonchev–Trinajstić information content (AvgIpc) is 3.36. The molecule has 2 aliphatic rings. The molecule has 2 N–H and O–H groups in total. The molecule has 170 valence electrons. The van der Waals surface area contributed by atoms with Gasteiger partial charge in [-0.05, 0) is 17.7 Å². The summed E-state index contributed by atoms with van der Waals surface area (Å²) in [4.78, 5) is 30.0. The van der Waals surface area contributed by atoms with Crippen LogP contribution in [0.15, 0.2) is 71.7 Å². The number of hydrogen-bond acceptors (Lipinski definition) is 6. The number of rotatable bonds is 4. The minimum atomic E-state index is -0.354. The van der Waals surface area contributed by atoms with Gasteiger partial charge in [0.1, 0.15) is 5.02 Å². The Hall–Kier alpha value is -3.20. The summed E-state index contributed by atoms with van der Waals surface area (Å²) in [5.41, 5.74) is 8.39. The second-order valence-electron chi connectivity index (χ2n) is 8.23. The molecule has 5 rings (SSSR count). The molecular weight excluding hydrogens is 440 g/mol. The quantitative estimate of drug-likeness (QED) is 0.614. The van der Waals surface area contributed by atoms with Gasteiger partial charge in [0.2, 0.25) is 5.91 Å². The summed E-state index contributed by atoms with van der Waals surface area (Å²) in [6, 6.07) is 19.2. The third-order valence-electron chi connectivity index (χ3n) is 6.29. The lowest BCUT2D eigenvalue weighted by molar-refractivity contribution is -0.135. The van der Waals surface area contributed by atoms with E-state index in [2.05, 4.69) is 16.0 Å². The van der Waals surface area contributed by atoms with Crippen LogP contribution in [0.4, 0.5) is 5.69 Å². The number of hydrogen-bond donors (Lipinski definition) is 2. The van der Waals surface area contributed by atoms with Crippen LogP contribution < -0.4 is 21.3 Å². The molecule has 0 bridgehead atoms. The summed E-state index contributed by atoms with van der Waals surface area (Å²) >= 11 is 6.46. The molecule has 0 aliphatic carbocycles. The van der Waals surface area contributed by atoms with Crippen molar-refractivity contribution in [2.24, 2.45) is 5.92 Å². The highest BCUT2D eigenvalue weighted by Crippen LogP contribution is 2.28. The molecule has 0 spiro atoms. The molecule has 1 amide bonds. The highest BCUT2D eigenvalue weighted by molar-refractivity contribution is 6.33. The van der Waals surface area contributed by atoms with E-state index in [1.807, 2.05) is 70.5 Å². The molecule has 2 fully saturated rings. The summed E-state index contributed by atoms with van der Waals surface area (Å²) in [5, 5.41) is 4.47. The summed E-state index contributed by atoms with van der Waals surface area (Å²) in [7, 11) is 0. The van der Waals surface area contributed by atoms with Crippen molar-refractivity contribution in [3.05, 3.63) is 87.8 Å². The molecular formula is C24H25ClN6O2. The van der Waals surface area contributed by atoms with Crippen LogP contribution in [-0.2, 0) is 4.79 Å². The number of halogens is 1. The van der Waals surface area contributed by atoms with Crippen LogP contribution >= 0.6 is 11.6 Å². The van der Waals surface area contributed by atoms with Crippen molar-refractivity contribution in [1.82, 2.24) is 25.5 Å². The number of carbonyl (C=O) groups excluding carboxylic acids is 1. The van der Waals surface area contributed by atoms with E-state index < -0.39 is 0 Å². The second-order valence-corrected chi connectivity index (χ2v) is 8.61. The maximum absolute atomic E-state index is 13.3. The Balaban J connectivity index is 1.27. The van der Waals surface area contributed by atoms with Gasteiger partial charge in [0.25, 0.3) is 5.56 Å². The molecule has 3 aromatic rings. The van der Waals surface area contributed by atoms with E-state index in [0.717, 1.165) is 5.56 Å². The van der Waals surface area contributed by atoms with Gasteiger partial charge in [0.05, 0.1) is 29.5 Å². The topological polar surface area (TPSA) is 82.5 Å². The predicted octanol–water partition coefficient (Wildman–Crippen LogP) is 2.00. The zero-order valence-electron chi connectivity index (χ0n) is 18.0. The zero-order valence-corrected chi connectivity index (χ0v) is 18.8. The lowest BCUT2D eigenvalue weighted by atomic mass is 9.93. The molecule has 2 saturated heterocycles. The highest BCUT2D eigenvalue weighted by atomic mass is 35.5. The van der Waals surface area contributed by atoms with E-state index in [9.17, 15) is 9.59 Å². The maximum atomic E-state index is 13.3. The molecule has 9 heteroatoms. The van der Waals surface area contributed by atoms with Crippen LogP contribution in [0.3, 0.4) is 0 Å². The Labute approximate surface area is 196 Å². The fraction of sp³-hybridized carbons (Fsp3) is 0.292. The Morgan fingerprint density at radius 1 is 0.970 bits per heavy atom. The number of hydrazine groups is 1. The number of aromatic nitrogens is 2. The summed E-state index contributed by atoms with van der Waals surface area (Å²) in [5.74, 6) is -0.0382. The third-order valence-corrected chi connectivity index (χ3v) is 6.65. The summed E-state index contributed by atoms with van der Waals surface area (Å²) in [6.07, 6.45) is 1.63. The number of carbonyl (C=O) groups is 1. The monoisotopic (exact) mass is 464 g/mol. The van der Waals surface area contributed by atoms with Crippen molar-refractivity contribution >= 4 is 23.2 Å². The third kappa shape index (κ3) is 4.25. The van der Waals surface area contributed by atoms with E-state index in [4.69, 9.17) is 11.6 Å². The van der Waals surface area contributed by atoms with E-state index in [1.54, 1.807) is 6.20 Å². The fourth-order valence-electron chi connectivity index (χ4n) is 4.50. The number of nitrogens with one attached hydrogen (secondary N) is 2. The van der Waals surface area contributed by atoms with Gasteiger partial charge in [-0.2, -0.15) is 9.78 Å². The first-order valence-corrected chi connectivity index (χ1v) is 11.4. The van der Waals surface area contributed by atoms with E-state index >= 15 is 0 Å². The smallest absolute Gasteiger partial charge is 0.292 e. The number of anilines is 1. The first kappa shape index (κ1) is 21.6. The summed E-state index contributed by atoms with van der Waals surface area (Å²) < 4.78 is 1.30. The molecule has 33 heavy (non-hydrogen) atoms. The number of amides is 1. The SMILES string of the molecule is O=C(C1CNNC1c1ccccc1)N1CCN(c2cnn(-c3ccccc3)c(=O)c2Cl)CC1. The molecule has 2 unspecified atom stereocenters. The van der Waals surface area contributed by atoms with Gasteiger partial charge in [0, 0.05) is 32.7 Å². The molecule has 1 aromatic heterocycles. The van der Waals surface area contributed by atoms with Crippen LogP contribution in [0, 0.1) is 5.92 Å². The van der Waals surface area contributed by atoms with Crippen LogP contribution in [-0.4, -0.2) is 53.3 Å². The molecule has 8 nitrogen and oxygen atoms in total. The van der Waals surface area contributed by atoms with Gasteiger partial charge in [-0.1, -0.05) is 60.1 Å². The molecule has 3 heterocycles. The Morgan fingerprint density at radius 3 is 2.33 bits per heavy atom. The van der Waals surface area contributed by atoms with Gasteiger partial charge < -0.3 is 9.80 Å². The largest absolute Gasteiger partial charge is 0.365 e.